The molecule has 0 saturated heterocycles. The molecule has 0 spiro atoms. The van der Waals surface area contributed by atoms with E-state index in [0.717, 1.165) is 23.9 Å². The lowest BCUT2D eigenvalue weighted by Crippen LogP contribution is -2.13. The molecule has 26 heavy (non-hydrogen) atoms. The quantitative estimate of drug-likeness (QED) is 0.613. The SMILES string of the molecule is O=C(Nc1cccc(Oc2nc3ccccc3n3cnnc23)c1)C1CC1. The number of nitrogens with one attached hydrogen (secondary N) is 1. The van der Waals surface area contributed by atoms with Gasteiger partial charge in [-0.15, -0.1) is 10.2 Å². The summed E-state index contributed by atoms with van der Waals surface area (Å²) in [7, 11) is 0. The lowest BCUT2D eigenvalue weighted by molar-refractivity contribution is -0.117. The molecule has 0 bridgehead atoms. The molecule has 0 unspecified atom stereocenters. The van der Waals surface area contributed by atoms with Gasteiger partial charge in [0.25, 0.3) is 5.88 Å². The maximum Gasteiger partial charge on any atom is 0.266 e. The van der Waals surface area contributed by atoms with Crippen molar-refractivity contribution in [2.75, 3.05) is 5.32 Å². The van der Waals surface area contributed by atoms with Crippen molar-refractivity contribution in [1.29, 1.82) is 0 Å². The highest BCUT2D eigenvalue weighted by Crippen LogP contribution is 2.31. The molecule has 0 atom stereocenters. The Morgan fingerprint density at radius 1 is 1.15 bits per heavy atom. The number of nitrogens with zero attached hydrogens (tertiary/aromatic N) is 4. The Kier molecular flexibility index (Phi) is 3.31. The first-order valence-electron chi connectivity index (χ1n) is 8.45. The third-order valence-corrected chi connectivity index (χ3v) is 4.37. The van der Waals surface area contributed by atoms with Crippen molar-refractivity contribution in [2.24, 2.45) is 5.92 Å². The van der Waals surface area contributed by atoms with E-state index in [4.69, 9.17) is 4.74 Å². The van der Waals surface area contributed by atoms with Crippen LogP contribution in [0.2, 0.25) is 0 Å². The molecule has 1 aliphatic rings. The lowest BCUT2D eigenvalue weighted by Gasteiger charge is -2.10. The maximum absolute atomic E-state index is 11.9. The normalized spacial score (nSPS) is 13.8. The second-order valence-electron chi connectivity index (χ2n) is 6.32. The number of hydrogen-bond donors (Lipinski definition) is 1. The van der Waals surface area contributed by atoms with E-state index >= 15 is 0 Å². The molecule has 0 aliphatic heterocycles. The van der Waals surface area contributed by atoms with Crippen molar-refractivity contribution in [3.8, 4) is 11.6 Å². The van der Waals surface area contributed by atoms with Gasteiger partial charge in [-0.2, -0.15) is 0 Å². The zero-order chi connectivity index (χ0) is 17.5. The number of rotatable bonds is 4. The van der Waals surface area contributed by atoms with Crippen LogP contribution >= 0.6 is 0 Å². The first-order chi connectivity index (χ1) is 12.8. The minimum absolute atomic E-state index is 0.0610. The minimum atomic E-state index is 0.0610. The molecule has 5 rings (SSSR count). The summed E-state index contributed by atoms with van der Waals surface area (Å²) >= 11 is 0. The molecule has 1 fully saturated rings. The van der Waals surface area contributed by atoms with Crippen LogP contribution < -0.4 is 10.1 Å². The van der Waals surface area contributed by atoms with Crippen LogP contribution in [0.5, 0.6) is 11.6 Å². The van der Waals surface area contributed by atoms with Gasteiger partial charge < -0.3 is 10.1 Å². The van der Waals surface area contributed by atoms with Crippen molar-refractivity contribution in [3.05, 3.63) is 54.9 Å². The van der Waals surface area contributed by atoms with Crippen molar-refractivity contribution < 1.29 is 9.53 Å². The highest BCUT2D eigenvalue weighted by Gasteiger charge is 2.29. The van der Waals surface area contributed by atoms with Crippen LogP contribution in [0.25, 0.3) is 16.7 Å². The summed E-state index contributed by atoms with van der Waals surface area (Å²) in [6.45, 7) is 0. The maximum atomic E-state index is 11.9. The molecule has 1 amide bonds. The molecule has 1 saturated carbocycles. The highest BCUT2D eigenvalue weighted by atomic mass is 16.5. The van der Waals surface area contributed by atoms with Gasteiger partial charge in [0.1, 0.15) is 12.1 Å². The van der Waals surface area contributed by atoms with E-state index in [-0.39, 0.29) is 11.8 Å². The summed E-state index contributed by atoms with van der Waals surface area (Å²) in [5.74, 6) is 1.15. The second-order valence-corrected chi connectivity index (χ2v) is 6.32. The number of anilines is 1. The van der Waals surface area contributed by atoms with Crippen molar-refractivity contribution >= 4 is 28.3 Å². The van der Waals surface area contributed by atoms with Gasteiger partial charge in [-0.3, -0.25) is 9.20 Å². The molecule has 4 aromatic rings. The van der Waals surface area contributed by atoms with E-state index < -0.39 is 0 Å². The Labute approximate surface area is 148 Å². The summed E-state index contributed by atoms with van der Waals surface area (Å²) < 4.78 is 7.81. The summed E-state index contributed by atoms with van der Waals surface area (Å²) in [6.07, 6.45) is 3.57. The van der Waals surface area contributed by atoms with Gasteiger partial charge in [-0.1, -0.05) is 18.2 Å². The van der Waals surface area contributed by atoms with E-state index in [2.05, 4.69) is 20.5 Å². The van der Waals surface area contributed by atoms with Crippen molar-refractivity contribution in [3.63, 3.8) is 0 Å². The highest BCUT2D eigenvalue weighted by molar-refractivity contribution is 5.94. The van der Waals surface area contributed by atoms with Crippen LogP contribution in [0, 0.1) is 5.92 Å². The predicted octanol–water partition coefficient (Wildman–Crippen LogP) is 3.42. The fraction of sp³-hybridized carbons (Fsp3) is 0.158. The largest absolute Gasteiger partial charge is 0.436 e. The van der Waals surface area contributed by atoms with E-state index in [1.165, 1.54) is 0 Å². The molecule has 2 aromatic carbocycles. The number of fused-ring (bicyclic) bond motifs is 3. The van der Waals surface area contributed by atoms with Crippen LogP contribution in [-0.4, -0.2) is 25.5 Å². The van der Waals surface area contributed by atoms with Gasteiger partial charge in [-0.05, 0) is 37.1 Å². The molecule has 128 valence electrons. The average Bonchev–Trinajstić information content (AvgIpc) is 3.39. The van der Waals surface area contributed by atoms with Crippen molar-refractivity contribution in [2.45, 2.75) is 12.8 Å². The number of amides is 1. The standard InChI is InChI=1S/C19H15N5O2/c25-18(12-8-9-12)21-13-4-3-5-14(10-13)26-19-17-23-20-11-24(17)16-7-2-1-6-15(16)22-19/h1-7,10-12H,8-9H2,(H,21,25). The van der Waals surface area contributed by atoms with E-state index in [1.807, 2.05) is 46.9 Å². The van der Waals surface area contributed by atoms with Crippen LogP contribution in [0.1, 0.15) is 12.8 Å². The van der Waals surface area contributed by atoms with Gasteiger partial charge in [0.2, 0.25) is 11.6 Å². The Morgan fingerprint density at radius 2 is 2.04 bits per heavy atom. The first kappa shape index (κ1) is 14.8. The summed E-state index contributed by atoms with van der Waals surface area (Å²) in [4.78, 5) is 16.5. The molecular formula is C19H15N5O2. The summed E-state index contributed by atoms with van der Waals surface area (Å²) in [6, 6.07) is 15.0. The number of carbonyl (C=O) groups excluding carboxylic acids is 1. The van der Waals surface area contributed by atoms with Crippen LogP contribution in [0.4, 0.5) is 5.69 Å². The number of carbonyl (C=O) groups is 1. The zero-order valence-corrected chi connectivity index (χ0v) is 13.8. The predicted molar refractivity (Wildman–Crippen MR) is 96.2 cm³/mol. The Hall–Kier alpha value is -3.48. The van der Waals surface area contributed by atoms with Gasteiger partial charge in [0.05, 0.1) is 11.0 Å². The van der Waals surface area contributed by atoms with Crippen molar-refractivity contribution in [1.82, 2.24) is 19.6 Å². The fourth-order valence-electron chi connectivity index (χ4n) is 2.89. The molecule has 1 aliphatic carbocycles. The van der Waals surface area contributed by atoms with Crippen LogP contribution in [0.15, 0.2) is 54.9 Å². The van der Waals surface area contributed by atoms with Gasteiger partial charge in [0.15, 0.2) is 0 Å². The summed E-state index contributed by atoms with van der Waals surface area (Å²) in [5, 5.41) is 11.0. The number of benzene rings is 2. The number of aromatic nitrogens is 4. The third kappa shape index (κ3) is 2.63. The van der Waals surface area contributed by atoms with Gasteiger partial charge in [-0.25, -0.2) is 4.98 Å². The second kappa shape index (κ2) is 5.80. The molecular weight excluding hydrogens is 330 g/mol. The molecule has 7 nitrogen and oxygen atoms in total. The van der Waals surface area contributed by atoms with Crippen LogP contribution in [-0.2, 0) is 4.79 Å². The molecule has 7 heteroatoms. The number of ether oxygens (including phenoxy) is 1. The average molecular weight is 345 g/mol. The third-order valence-electron chi connectivity index (χ3n) is 4.37. The fourth-order valence-corrected chi connectivity index (χ4v) is 2.89. The van der Waals surface area contributed by atoms with E-state index in [1.54, 1.807) is 12.4 Å². The zero-order valence-electron chi connectivity index (χ0n) is 13.8. The molecule has 2 aromatic heterocycles. The first-order valence-corrected chi connectivity index (χ1v) is 8.45. The van der Waals surface area contributed by atoms with E-state index in [9.17, 15) is 4.79 Å². The van der Waals surface area contributed by atoms with Gasteiger partial charge in [0, 0.05) is 17.7 Å². The lowest BCUT2D eigenvalue weighted by atomic mass is 10.3. The minimum Gasteiger partial charge on any atom is -0.436 e. The Bertz CT molecular complexity index is 1130. The van der Waals surface area contributed by atoms with Crippen LogP contribution in [0.3, 0.4) is 0 Å². The summed E-state index contributed by atoms with van der Waals surface area (Å²) in [5.41, 5.74) is 2.94. The monoisotopic (exact) mass is 345 g/mol. The molecule has 1 N–H and O–H groups in total. The molecule has 0 radical (unpaired) electrons. The Morgan fingerprint density at radius 3 is 2.92 bits per heavy atom. The smallest absolute Gasteiger partial charge is 0.266 e. The molecule has 2 heterocycles. The number of para-hydroxylation sites is 2. The van der Waals surface area contributed by atoms with Gasteiger partial charge >= 0.3 is 0 Å². The topological polar surface area (TPSA) is 81.4 Å². The Balaban J connectivity index is 1.50. The van der Waals surface area contributed by atoms with E-state index in [0.29, 0.717) is 23.0 Å². The number of hydrogen-bond acceptors (Lipinski definition) is 5.